The molecule has 0 spiro atoms. The van der Waals surface area contributed by atoms with Crippen LogP contribution in [0.1, 0.15) is 38.9 Å². The van der Waals surface area contributed by atoms with Gasteiger partial charge in [0.2, 0.25) is 5.91 Å². The van der Waals surface area contributed by atoms with Crippen LogP contribution < -0.4 is 11.1 Å². The number of aliphatic imine (C=N–C) groups is 1. The van der Waals surface area contributed by atoms with Crippen molar-refractivity contribution in [1.29, 1.82) is 0 Å². The number of anilines is 1. The van der Waals surface area contributed by atoms with Gasteiger partial charge < -0.3 is 21.1 Å². The fourth-order valence-corrected chi connectivity index (χ4v) is 4.46. The second kappa shape index (κ2) is 10.7. The van der Waals surface area contributed by atoms with E-state index in [1.54, 1.807) is 36.0 Å². The van der Waals surface area contributed by atoms with Crippen LogP contribution in [0.4, 0.5) is 11.4 Å². The second-order valence-corrected chi connectivity index (χ2v) is 8.88. The van der Waals surface area contributed by atoms with Crippen LogP contribution in [0.5, 0.6) is 0 Å². The van der Waals surface area contributed by atoms with Gasteiger partial charge in [0.25, 0.3) is 5.91 Å². The second-order valence-electron chi connectivity index (χ2n) is 8.44. The minimum absolute atomic E-state index is 0.0994. The monoisotopic (exact) mass is 520 g/mol. The van der Waals surface area contributed by atoms with Crippen molar-refractivity contribution in [2.75, 3.05) is 11.9 Å². The molecule has 1 aliphatic heterocycles. The molecule has 1 aliphatic rings. The molecule has 0 aliphatic carbocycles. The number of hydrogen-bond donors (Lipinski definition) is 3. The molecule has 190 valence electrons. The third-order valence-corrected chi connectivity index (χ3v) is 6.41. The van der Waals surface area contributed by atoms with Gasteiger partial charge in [0.1, 0.15) is 6.04 Å². The zero-order valence-electron chi connectivity index (χ0n) is 20.2. The third kappa shape index (κ3) is 5.39. The molecule has 4 N–H and O–H groups in total. The fourth-order valence-electron chi connectivity index (χ4n) is 4.28. The molecule has 1 aromatic heterocycles. The van der Waals surface area contributed by atoms with Gasteiger partial charge in [-0.2, -0.15) is 5.10 Å². The van der Waals surface area contributed by atoms with Crippen LogP contribution in [0.25, 0.3) is 6.08 Å². The van der Waals surface area contributed by atoms with E-state index in [0.29, 0.717) is 33.9 Å². The number of carbonyl (C=O) groups is 3. The number of aromatic carboxylic acids is 1. The van der Waals surface area contributed by atoms with Crippen molar-refractivity contribution in [3.8, 4) is 0 Å². The van der Waals surface area contributed by atoms with Gasteiger partial charge in [0, 0.05) is 53.6 Å². The number of carboxylic acids is 1. The molecule has 3 aromatic rings. The Kier molecular flexibility index (Phi) is 7.40. The van der Waals surface area contributed by atoms with E-state index in [0.717, 1.165) is 17.7 Å². The quantitative estimate of drug-likeness (QED) is 0.258. The van der Waals surface area contributed by atoms with Gasteiger partial charge in [0.15, 0.2) is 0 Å². The summed E-state index contributed by atoms with van der Waals surface area (Å²) >= 11 is 6.12. The lowest BCUT2D eigenvalue weighted by molar-refractivity contribution is -0.135. The molecule has 1 atom stereocenters. The molecule has 37 heavy (non-hydrogen) atoms. The summed E-state index contributed by atoms with van der Waals surface area (Å²) in [6, 6.07) is 9.90. The number of nitrogens with one attached hydrogen (secondary N) is 1. The fraction of sp³-hybridized carbons (Fsp3) is 0.192. The molecule has 2 amide bonds. The highest BCUT2D eigenvalue weighted by molar-refractivity contribution is 6.30. The van der Waals surface area contributed by atoms with Crippen molar-refractivity contribution in [2.24, 2.45) is 17.8 Å². The van der Waals surface area contributed by atoms with Gasteiger partial charge in [-0.05, 0) is 55.5 Å². The molecule has 11 heteroatoms. The van der Waals surface area contributed by atoms with Crippen molar-refractivity contribution in [3.63, 3.8) is 0 Å². The number of benzene rings is 2. The first-order valence-electron chi connectivity index (χ1n) is 11.4. The third-order valence-electron chi connectivity index (χ3n) is 6.17. The molecule has 0 bridgehead atoms. The number of fused-ring (bicyclic) bond motifs is 1. The maximum Gasteiger partial charge on any atom is 0.335 e. The summed E-state index contributed by atoms with van der Waals surface area (Å²) in [6.07, 6.45) is 4.61. The Labute approximate surface area is 218 Å². The van der Waals surface area contributed by atoms with Gasteiger partial charge in [0.05, 0.1) is 23.3 Å². The predicted molar refractivity (Wildman–Crippen MR) is 141 cm³/mol. The van der Waals surface area contributed by atoms with Crippen LogP contribution in [-0.4, -0.2) is 50.5 Å². The number of rotatable bonds is 6. The van der Waals surface area contributed by atoms with E-state index in [1.807, 2.05) is 6.92 Å². The Bertz CT molecular complexity index is 1430. The average Bonchev–Trinajstić information content (AvgIpc) is 3.17. The summed E-state index contributed by atoms with van der Waals surface area (Å²) in [5.74, 6) is -1.87. The topological polar surface area (TPSA) is 143 Å². The molecular formula is C26H25ClN6O4. The first-order chi connectivity index (χ1) is 17.7. The summed E-state index contributed by atoms with van der Waals surface area (Å²) in [5, 5.41) is 16.9. The highest BCUT2D eigenvalue weighted by atomic mass is 35.5. The highest BCUT2D eigenvalue weighted by Gasteiger charge is 2.38. The Morgan fingerprint density at radius 3 is 2.62 bits per heavy atom. The van der Waals surface area contributed by atoms with E-state index < -0.39 is 17.9 Å². The number of aryl methyl sites for hydroxylation is 1. The zero-order valence-corrected chi connectivity index (χ0v) is 20.9. The summed E-state index contributed by atoms with van der Waals surface area (Å²) < 4.78 is 1.69. The van der Waals surface area contributed by atoms with Gasteiger partial charge in [-0.15, -0.1) is 0 Å². The van der Waals surface area contributed by atoms with Gasteiger partial charge in [-0.1, -0.05) is 11.6 Å². The zero-order chi connectivity index (χ0) is 26.7. The molecule has 2 heterocycles. The molecule has 0 saturated heterocycles. The summed E-state index contributed by atoms with van der Waals surface area (Å²) in [5.41, 5.74) is 9.28. The van der Waals surface area contributed by atoms with E-state index >= 15 is 0 Å². The number of halogens is 1. The summed E-state index contributed by atoms with van der Waals surface area (Å²) in [4.78, 5) is 43.7. The largest absolute Gasteiger partial charge is 0.478 e. The lowest BCUT2D eigenvalue weighted by Gasteiger charge is -2.34. The van der Waals surface area contributed by atoms with Crippen molar-refractivity contribution < 1.29 is 19.5 Å². The Morgan fingerprint density at radius 2 is 1.95 bits per heavy atom. The number of carboxylic acid groups (broad SMARTS) is 1. The minimum Gasteiger partial charge on any atom is -0.478 e. The van der Waals surface area contributed by atoms with Crippen molar-refractivity contribution >= 4 is 53.2 Å². The Morgan fingerprint density at radius 1 is 1.22 bits per heavy atom. The number of nitrogens with two attached hydrogens (primary N) is 1. The summed E-state index contributed by atoms with van der Waals surface area (Å²) in [7, 11) is 1.79. The van der Waals surface area contributed by atoms with Crippen molar-refractivity contribution in [2.45, 2.75) is 19.4 Å². The minimum atomic E-state index is -1.07. The average molecular weight is 521 g/mol. The first-order valence-corrected chi connectivity index (χ1v) is 11.8. The van der Waals surface area contributed by atoms with Gasteiger partial charge in [-0.3, -0.25) is 14.3 Å². The van der Waals surface area contributed by atoms with Crippen LogP contribution in [0.3, 0.4) is 0 Å². The van der Waals surface area contributed by atoms with Crippen LogP contribution in [0.2, 0.25) is 5.02 Å². The molecule has 0 radical (unpaired) electrons. The van der Waals surface area contributed by atoms with Crippen molar-refractivity contribution in [1.82, 2.24) is 14.7 Å². The van der Waals surface area contributed by atoms with E-state index in [2.05, 4.69) is 15.4 Å². The van der Waals surface area contributed by atoms with Crippen LogP contribution in [0.15, 0.2) is 53.5 Å². The van der Waals surface area contributed by atoms with Crippen LogP contribution >= 0.6 is 11.6 Å². The maximum atomic E-state index is 13.6. The van der Waals surface area contributed by atoms with E-state index in [9.17, 15) is 14.4 Å². The molecule has 4 rings (SSSR count). The Hall–Kier alpha value is -4.44. The summed E-state index contributed by atoms with van der Waals surface area (Å²) in [6.45, 7) is 2.13. The van der Waals surface area contributed by atoms with E-state index in [-0.39, 0.29) is 18.0 Å². The molecule has 0 saturated carbocycles. The number of nitrogens with zero attached hydrogens (tertiary/aromatic N) is 4. The molecule has 1 unspecified atom stereocenters. The standard InChI is InChI=1S/C26H25ClN6O4/c1-15-23-21(31-32(15)2)11-12-33(22(34)10-5-17-13-18(27)6-9-20(17)29-14-28)24(23)25(35)30-19-7-3-16(4-8-19)26(36)37/h3-10,13-14,24H,11-12H2,1-2H3,(H2,28,29)(H,30,35)(H,36,37). The number of carbonyl (C=O) groups excluding carboxylic acids is 2. The van der Waals surface area contributed by atoms with Crippen molar-refractivity contribution in [3.05, 3.63) is 81.6 Å². The van der Waals surface area contributed by atoms with Crippen LogP contribution in [0, 0.1) is 6.92 Å². The lowest BCUT2D eigenvalue weighted by Crippen LogP contribution is -2.44. The molecular weight excluding hydrogens is 496 g/mol. The Balaban J connectivity index is 1.66. The van der Waals surface area contributed by atoms with E-state index in [4.69, 9.17) is 22.4 Å². The maximum absolute atomic E-state index is 13.6. The molecule has 10 nitrogen and oxygen atoms in total. The number of hydrogen-bond acceptors (Lipinski definition) is 5. The van der Waals surface area contributed by atoms with E-state index in [1.165, 1.54) is 35.2 Å². The molecule has 2 aromatic carbocycles. The normalized spacial score (nSPS) is 15.2. The number of aromatic nitrogens is 2. The first kappa shape index (κ1) is 25.6. The number of amides is 2. The van der Waals surface area contributed by atoms with Gasteiger partial charge in [-0.25, -0.2) is 9.79 Å². The highest BCUT2D eigenvalue weighted by Crippen LogP contribution is 2.33. The van der Waals surface area contributed by atoms with Crippen LogP contribution in [-0.2, 0) is 23.1 Å². The van der Waals surface area contributed by atoms with Gasteiger partial charge >= 0.3 is 5.97 Å². The molecule has 0 fully saturated rings. The smallest absolute Gasteiger partial charge is 0.335 e. The predicted octanol–water partition coefficient (Wildman–Crippen LogP) is 3.48. The SMILES string of the molecule is Cc1c2c(nn1C)CCN(C(=O)C=Cc1cc(Cl)ccc1N=CN)C2C(=O)Nc1ccc(C(=O)O)cc1. The lowest BCUT2D eigenvalue weighted by atomic mass is 9.95.